The maximum Gasteiger partial charge on any atom is 0.151 e. The van der Waals surface area contributed by atoms with Gasteiger partial charge in [0.1, 0.15) is 17.9 Å². The van der Waals surface area contributed by atoms with E-state index in [-0.39, 0.29) is 6.04 Å². The predicted octanol–water partition coefficient (Wildman–Crippen LogP) is 1.21. The maximum absolute atomic E-state index is 10.5. The fraction of sp³-hybridized carbons (Fsp3) is 0.333. The summed E-state index contributed by atoms with van der Waals surface area (Å²) in [6.45, 7) is 0. The van der Waals surface area contributed by atoms with Crippen molar-refractivity contribution < 1.29 is 10.2 Å². The monoisotopic (exact) mass is 371 g/mol. The number of hydrogen-bond donors (Lipinski definition) is 5. The Morgan fingerprint density at radius 1 is 1.12 bits per heavy atom. The third kappa shape index (κ3) is 3.16. The number of anilines is 1. The summed E-state index contributed by atoms with van der Waals surface area (Å²) < 4.78 is 0. The van der Waals surface area contributed by atoms with Crippen molar-refractivity contribution in [3.05, 3.63) is 54.0 Å². The number of benzene rings is 1. The lowest BCUT2D eigenvalue weighted by Gasteiger charge is -2.15. The van der Waals surface area contributed by atoms with Gasteiger partial charge >= 0.3 is 0 Å². The summed E-state index contributed by atoms with van der Waals surface area (Å²) in [6.07, 6.45) is 1.42. The molecule has 1 aliphatic heterocycles. The molecule has 2 aromatic heterocycles. The van der Waals surface area contributed by atoms with Crippen molar-refractivity contribution >= 4 is 28.6 Å². The van der Waals surface area contributed by atoms with Crippen molar-refractivity contribution in [2.24, 2.45) is 0 Å². The number of nitrogens with one attached hydrogen (secondary N) is 2. The van der Waals surface area contributed by atoms with Crippen LogP contribution in [0.25, 0.3) is 11.0 Å². The van der Waals surface area contributed by atoms with Gasteiger partial charge in [0, 0.05) is 29.3 Å². The molecule has 1 fully saturated rings. The summed E-state index contributed by atoms with van der Waals surface area (Å²) in [7, 11) is 0. The summed E-state index contributed by atoms with van der Waals surface area (Å²) >= 11 is 1.73. The first-order valence-electron chi connectivity index (χ1n) is 8.46. The van der Waals surface area contributed by atoms with E-state index in [1.165, 1.54) is 11.9 Å². The number of H-pyrrole nitrogens is 1. The number of fused-ring (bicyclic) bond motifs is 1. The van der Waals surface area contributed by atoms with Crippen molar-refractivity contribution in [3.8, 4) is 0 Å². The highest BCUT2D eigenvalue weighted by Crippen LogP contribution is 2.33. The van der Waals surface area contributed by atoms with Gasteiger partial charge in [-0.1, -0.05) is 30.3 Å². The Bertz CT molecular complexity index is 888. The second-order valence-electron chi connectivity index (χ2n) is 6.46. The molecule has 0 amide bonds. The number of rotatable bonds is 5. The quantitative estimate of drug-likeness (QED) is 0.457. The standard InChI is InChI=1S/C18H21N5O2S/c19-18-15-13(21-9-22-18)11(6-20-15)14-17(25)16(24)12(23-14)8-26-7-10-4-2-1-3-5-10/h1-6,9,12,14,16-17,20,23-25H,7-8H2,(H2,19,21,22)/t12-,14+,16-,17+/m1/s1. The molecule has 7 nitrogen and oxygen atoms in total. The number of aromatic amines is 1. The highest BCUT2D eigenvalue weighted by molar-refractivity contribution is 7.98. The maximum atomic E-state index is 10.5. The third-order valence-corrected chi connectivity index (χ3v) is 5.90. The first-order chi connectivity index (χ1) is 12.6. The van der Waals surface area contributed by atoms with Crippen molar-refractivity contribution in [2.45, 2.75) is 30.0 Å². The Kier molecular flexibility index (Phi) is 4.82. The highest BCUT2D eigenvalue weighted by atomic mass is 32.2. The van der Waals surface area contributed by atoms with Crippen LogP contribution < -0.4 is 11.1 Å². The molecule has 136 valence electrons. The summed E-state index contributed by atoms with van der Waals surface area (Å²) in [5.74, 6) is 1.93. The number of hydrogen-bond acceptors (Lipinski definition) is 7. The smallest absolute Gasteiger partial charge is 0.151 e. The number of nitrogens with zero attached hydrogens (tertiary/aromatic N) is 2. The fourth-order valence-electron chi connectivity index (χ4n) is 3.38. The van der Waals surface area contributed by atoms with Gasteiger partial charge in [-0.2, -0.15) is 11.8 Å². The van der Waals surface area contributed by atoms with Crippen LogP contribution in [0.3, 0.4) is 0 Å². The third-order valence-electron chi connectivity index (χ3n) is 4.76. The number of aliphatic hydroxyl groups excluding tert-OH is 2. The molecule has 1 saturated heterocycles. The van der Waals surface area contributed by atoms with Crippen molar-refractivity contribution in [1.29, 1.82) is 0 Å². The zero-order chi connectivity index (χ0) is 18.1. The van der Waals surface area contributed by atoms with Gasteiger partial charge < -0.3 is 26.2 Å². The second-order valence-corrected chi connectivity index (χ2v) is 7.49. The van der Waals surface area contributed by atoms with Gasteiger partial charge in [0.2, 0.25) is 0 Å². The topological polar surface area (TPSA) is 120 Å². The molecule has 0 aliphatic carbocycles. The molecular weight excluding hydrogens is 350 g/mol. The van der Waals surface area contributed by atoms with Crippen LogP contribution in [-0.4, -0.2) is 49.2 Å². The van der Waals surface area contributed by atoms with Crippen LogP contribution in [0.2, 0.25) is 0 Å². The minimum atomic E-state index is -0.910. The molecule has 26 heavy (non-hydrogen) atoms. The Labute approximate surface area is 155 Å². The van der Waals surface area contributed by atoms with Gasteiger partial charge in [0.25, 0.3) is 0 Å². The average Bonchev–Trinajstić information content (AvgIpc) is 3.20. The van der Waals surface area contributed by atoms with Crippen LogP contribution >= 0.6 is 11.8 Å². The van der Waals surface area contributed by atoms with E-state index < -0.39 is 18.2 Å². The largest absolute Gasteiger partial charge is 0.389 e. The second kappa shape index (κ2) is 7.24. The van der Waals surface area contributed by atoms with Gasteiger partial charge in [-0.25, -0.2) is 9.97 Å². The molecule has 8 heteroatoms. The van der Waals surface area contributed by atoms with Gasteiger partial charge in [0.05, 0.1) is 17.7 Å². The number of nitrogen functional groups attached to an aromatic ring is 1. The van der Waals surface area contributed by atoms with Crippen molar-refractivity contribution in [3.63, 3.8) is 0 Å². The zero-order valence-electron chi connectivity index (χ0n) is 14.0. The SMILES string of the molecule is Nc1ncnc2c([C@@H]3N[C@H](CSCc4ccccc4)[C@@H](O)[C@H]3O)c[nH]c12. The summed E-state index contributed by atoms with van der Waals surface area (Å²) in [4.78, 5) is 11.3. The van der Waals surface area contributed by atoms with Crippen LogP contribution in [-0.2, 0) is 5.75 Å². The fourth-order valence-corrected chi connectivity index (χ4v) is 4.47. The van der Waals surface area contributed by atoms with Crippen LogP contribution in [0.15, 0.2) is 42.9 Å². The highest BCUT2D eigenvalue weighted by Gasteiger charge is 2.42. The molecule has 6 N–H and O–H groups in total. The Balaban J connectivity index is 1.46. The van der Waals surface area contributed by atoms with E-state index >= 15 is 0 Å². The Morgan fingerprint density at radius 2 is 1.92 bits per heavy atom. The molecule has 4 rings (SSSR count). The molecule has 0 bridgehead atoms. The molecule has 0 radical (unpaired) electrons. The molecule has 0 spiro atoms. The van der Waals surface area contributed by atoms with Crippen molar-refractivity contribution in [2.75, 3.05) is 11.5 Å². The van der Waals surface area contributed by atoms with E-state index in [9.17, 15) is 10.2 Å². The lowest BCUT2D eigenvalue weighted by molar-refractivity contribution is 0.0308. The number of nitrogens with two attached hydrogens (primary N) is 1. The zero-order valence-corrected chi connectivity index (χ0v) is 14.9. The minimum Gasteiger partial charge on any atom is -0.389 e. The normalized spacial score (nSPS) is 25.8. The number of thioether (sulfide) groups is 1. The lowest BCUT2D eigenvalue weighted by Crippen LogP contribution is -2.35. The van der Waals surface area contributed by atoms with Crippen LogP contribution in [0, 0.1) is 0 Å². The molecule has 1 aromatic carbocycles. The molecule has 4 atom stereocenters. The molecule has 0 unspecified atom stereocenters. The summed E-state index contributed by atoms with van der Waals surface area (Å²) in [6, 6.07) is 9.59. The minimum absolute atomic E-state index is 0.201. The van der Waals surface area contributed by atoms with Crippen molar-refractivity contribution in [1.82, 2.24) is 20.3 Å². The van der Waals surface area contributed by atoms with E-state index in [0.29, 0.717) is 22.6 Å². The summed E-state index contributed by atoms with van der Waals surface area (Å²) in [5.41, 5.74) is 9.20. The van der Waals surface area contributed by atoms with Crippen LogP contribution in [0.4, 0.5) is 5.82 Å². The average molecular weight is 371 g/mol. The molecular formula is C18H21N5O2S. The van der Waals surface area contributed by atoms with Gasteiger partial charge in [-0.05, 0) is 5.56 Å². The van der Waals surface area contributed by atoms with Crippen LogP contribution in [0.1, 0.15) is 17.2 Å². The van der Waals surface area contributed by atoms with E-state index in [1.54, 1.807) is 18.0 Å². The molecule has 3 heterocycles. The van der Waals surface area contributed by atoms with E-state index in [0.717, 1.165) is 11.3 Å². The van der Waals surface area contributed by atoms with E-state index in [1.807, 2.05) is 18.2 Å². The van der Waals surface area contributed by atoms with Gasteiger partial charge in [-0.15, -0.1) is 0 Å². The Hall–Kier alpha value is -2.13. The summed E-state index contributed by atoms with van der Waals surface area (Å²) in [5, 5.41) is 24.3. The molecule has 1 aliphatic rings. The first-order valence-corrected chi connectivity index (χ1v) is 9.62. The van der Waals surface area contributed by atoms with Gasteiger partial charge in [0.15, 0.2) is 5.82 Å². The Morgan fingerprint density at radius 3 is 2.73 bits per heavy atom. The van der Waals surface area contributed by atoms with Crippen LogP contribution in [0.5, 0.6) is 0 Å². The van der Waals surface area contributed by atoms with Gasteiger partial charge in [-0.3, -0.25) is 0 Å². The number of aliphatic hydroxyl groups is 2. The first kappa shape index (κ1) is 17.3. The predicted molar refractivity (Wildman–Crippen MR) is 103 cm³/mol. The molecule has 0 saturated carbocycles. The van der Waals surface area contributed by atoms with E-state index in [4.69, 9.17) is 5.73 Å². The number of aromatic nitrogens is 3. The molecule has 3 aromatic rings. The lowest BCUT2D eigenvalue weighted by atomic mass is 10.0. The van der Waals surface area contributed by atoms with E-state index in [2.05, 4.69) is 32.4 Å².